The molecule has 0 saturated heterocycles. The Labute approximate surface area is 96.0 Å². The maximum atomic E-state index is 9.59. The Morgan fingerprint density at radius 1 is 1.50 bits per heavy atom. The number of aliphatic hydroxyl groups is 2. The molecular weight excluding hydrogens is 202 g/mol. The normalized spacial score (nSPS) is 23.1. The minimum Gasteiger partial charge on any atom is -0.396 e. The summed E-state index contributed by atoms with van der Waals surface area (Å²) in [7, 11) is 0. The van der Waals surface area contributed by atoms with E-state index in [1.54, 1.807) is 0 Å². The van der Waals surface area contributed by atoms with E-state index in [1.165, 1.54) is 0 Å². The summed E-state index contributed by atoms with van der Waals surface area (Å²) >= 11 is 0. The van der Waals surface area contributed by atoms with Crippen LogP contribution in [-0.4, -0.2) is 22.9 Å². The van der Waals surface area contributed by atoms with Crippen LogP contribution in [0, 0.1) is 23.2 Å². The second kappa shape index (κ2) is 6.26. The van der Waals surface area contributed by atoms with Gasteiger partial charge in [0.1, 0.15) is 6.10 Å². The standard InChI is InChI=1S/C13H17NO2/c1-10-3-2-4-11(6-5-10)12(7-8-15)13(16)9-14/h2-6,10,12-13,15-16H,7-8H2,1H3. The van der Waals surface area contributed by atoms with Gasteiger partial charge in [0.25, 0.3) is 0 Å². The first-order chi connectivity index (χ1) is 7.69. The second-order valence-corrected chi connectivity index (χ2v) is 3.96. The summed E-state index contributed by atoms with van der Waals surface area (Å²) in [4.78, 5) is 0. The Kier molecular flexibility index (Phi) is 4.97. The smallest absolute Gasteiger partial charge is 0.147 e. The van der Waals surface area contributed by atoms with Crippen LogP contribution in [0.3, 0.4) is 0 Å². The van der Waals surface area contributed by atoms with Crippen molar-refractivity contribution >= 4 is 0 Å². The highest BCUT2D eigenvalue weighted by atomic mass is 16.3. The van der Waals surface area contributed by atoms with Gasteiger partial charge in [-0.1, -0.05) is 37.3 Å². The van der Waals surface area contributed by atoms with E-state index in [0.29, 0.717) is 12.3 Å². The quantitative estimate of drug-likeness (QED) is 0.705. The lowest BCUT2D eigenvalue weighted by Crippen LogP contribution is -2.21. The van der Waals surface area contributed by atoms with Gasteiger partial charge >= 0.3 is 0 Å². The van der Waals surface area contributed by atoms with Crippen LogP contribution in [-0.2, 0) is 0 Å². The van der Waals surface area contributed by atoms with Crippen LogP contribution in [0.4, 0.5) is 0 Å². The van der Waals surface area contributed by atoms with Gasteiger partial charge in [-0.05, 0) is 17.9 Å². The number of rotatable bonds is 4. The predicted octanol–water partition coefficient (Wildman–Crippen LogP) is 1.56. The number of aliphatic hydroxyl groups excluding tert-OH is 2. The molecule has 2 N–H and O–H groups in total. The zero-order valence-corrected chi connectivity index (χ0v) is 9.37. The fraction of sp³-hybridized carbons (Fsp3) is 0.462. The molecule has 0 spiro atoms. The Bertz CT molecular complexity index is 349. The third-order valence-corrected chi connectivity index (χ3v) is 2.68. The van der Waals surface area contributed by atoms with Crippen molar-refractivity contribution in [2.45, 2.75) is 19.4 Å². The molecule has 1 aliphatic rings. The number of allylic oxidation sites excluding steroid dienone is 5. The van der Waals surface area contributed by atoms with Crippen LogP contribution in [0.1, 0.15) is 13.3 Å². The van der Waals surface area contributed by atoms with Crippen LogP contribution in [0.2, 0.25) is 0 Å². The van der Waals surface area contributed by atoms with Crippen molar-refractivity contribution in [2.75, 3.05) is 6.61 Å². The molecule has 1 rings (SSSR count). The first-order valence-corrected chi connectivity index (χ1v) is 5.44. The zero-order chi connectivity index (χ0) is 12.0. The second-order valence-electron chi connectivity index (χ2n) is 3.96. The third kappa shape index (κ3) is 3.34. The molecule has 0 aromatic heterocycles. The third-order valence-electron chi connectivity index (χ3n) is 2.68. The maximum absolute atomic E-state index is 9.59. The summed E-state index contributed by atoms with van der Waals surface area (Å²) in [5.74, 6) is 0.0314. The van der Waals surface area contributed by atoms with Crippen LogP contribution < -0.4 is 0 Å². The molecule has 0 fully saturated rings. The van der Waals surface area contributed by atoms with Gasteiger partial charge in [-0.15, -0.1) is 0 Å². The van der Waals surface area contributed by atoms with Crippen molar-refractivity contribution in [1.29, 1.82) is 5.26 Å². The van der Waals surface area contributed by atoms with Gasteiger partial charge in [0.15, 0.2) is 0 Å². The minimum absolute atomic E-state index is 0.0339. The van der Waals surface area contributed by atoms with E-state index in [4.69, 9.17) is 10.4 Å². The molecule has 0 saturated carbocycles. The van der Waals surface area contributed by atoms with Gasteiger partial charge in [-0.2, -0.15) is 5.26 Å². The number of nitrogens with zero attached hydrogens (tertiary/aromatic N) is 1. The molecule has 86 valence electrons. The molecule has 0 aromatic carbocycles. The van der Waals surface area contributed by atoms with Gasteiger partial charge in [0.05, 0.1) is 6.07 Å². The number of nitriles is 1. The van der Waals surface area contributed by atoms with E-state index in [0.717, 1.165) is 5.57 Å². The fourth-order valence-electron chi connectivity index (χ4n) is 1.71. The fourth-order valence-corrected chi connectivity index (χ4v) is 1.71. The highest BCUT2D eigenvalue weighted by Gasteiger charge is 2.21. The molecule has 0 aromatic rings. The lowest BCUT2D eigenvalue weighted by atomic mass is 9.90. The largest absolute Gasteiger partial charge is 0.396 e. The lowest BCUT2D eigenvalue weighted by Gasteiger charge is -2.18. The van der Waals surface area contributed by atoms with Crippen LogP contribution in [0.25, 0.3) is 0 Å². The molecule has 16 heavy (non-hydrogen) atoms. The van der Waals surface area contributed by atoms with E-state index >= 15 is 0 Å². The van der Waals surface area contributed by atoms with Crippen molar-refractivity contribution in [3.63, 3.8) is 0 Å². The van der Waals surface area contributed by atoms with Gasteiger partial charge in [-0.25, -0.2) is 0 Å². The maximum Gasteiger partial charge on any atom is 0.147 e. The van der Waals surface area contributed by atoms with E-state index in [1.807, 2.05) is 36.4 Å². The molecule has 0 radical (unpaired) electrons. The summed E-state index contributed by atoms with van der Waals surface area (Å²) < 4.78 is 0. The first-order valence-electron chi connectivity index (χ1n) is 5.44. The van der Waals surface area contributed by atoms with Crippen molar-refractivity contribution in [3.8, 4) is 6.07 Å². The average Bonchev–Trinajstić information content (AvgIpc) is 2.50. The molecule has 0 aliphatic heterocycles. The van der Waals surface area contributed by atoms with Gasteiger partial charge in [-0.3, -0.25) is 0 Å². The molecule has 0 amide bonds. The molecule has 1 aliphatic carbocycles. The van der Waals surface area contributed by atoms with E-state index in [9.17, 15) is 5.11 Å². The number of hydrogen-bond acceptors (Lipinski definition) is 3. The molecule has 0 heterocycles. The molecule has 0 bridgehead atoms. The van der Waals surface area contributed by atoms with Crippen molar-refractivity contribution < 1.29 is 10.2 Å². The Morgan fingerprint density at radius 2 is 2.25 bits per heavy atom. The Balaban J connectivity index is 2.87. The summed E-state index contributed by atoms with van der Waals surface area (Å²) in [6.07, 6.45) is 9.13. The van der Waals surface area contributed by atoms with Gasteiger partial charge < -0.3 is 10.2 Å². The summed E-state index contributed by atoms with van der Waals surface area (Å²) in [6, 6.07) is 1.82. The molecule has 3 nitrogen and oxygen atoms in total. The highest BCUT2D eigenvalue weighted by molar-refractivity contribution is 5.32. The van der Waals surface area contributed by atoms with Crippen LogP contribution >= 0.6 is 0 Å². The van der Waals surface area contributed by atoms with Crippen LogP contribution in [0.15, 0.2) is 36.0 Å². The first kappa shape index (κ1) is 12.7. The minimum atomic E-state index is -1.06. The predicted molar refractivity (Wildman–Crippen MR) is 62.3 cm³/mol. The molecule has 3 unspecified atom stereocenters. The SMILES string of the molecule is CC1C=CC=C(C(CCO)C(O)C#N)C=C1. The van der Waals surface area contributed by atoms with Gasteiger partial charge in [0, 0.05) is 12.5 Å². The molecule has 3 heteroatoms. The summed E-state index contributed by atoms with van der Waals surface area (Å²) in [5, 5.41) is 27.3. The average molecular weight is 219 g/mol. The van der Waals surface area contributed by atoms with E-state index in [2.05, 4.69) is 6.92 Å². The molecular formula is C13H17NO2. The Hall–Kier alpha value is -1.37. The van der Waals surface area contributed by atoms with Gasteiger partial charge in [0.2, 0.25) is 0 Å². The Morgan fingerprint density at radius 3 is 2.88 bits per heavy atom. The molecule has 3 atom stereocenters. The van der Waals surface area contributed by atoms with Crippen molar-refractivity contribution in [3.05, 3.63) is 36.0 Å². The van der Waals surface area contributed by atoms with E-state index in [-0.39, 0.29) is 12.5 Å². The van der Waals surface area contributed by atoms with Crippen molar-refractivity contribution in [1.82, 2.24) is 0 Å². The van der Waals surface area contributed by atoms with Crippen LogP contribution in [0.5, 0.6) is 0 Å². The monoisotopic (exact) mass is 219 g/mol. The highest BCUT2D eigenvalue weighted by Crippen LogP contribution is 2.23. The topological polar surface area (TPSA) is 64.2 Å². The van der Waals surface area contributed by atoms with Crippen molar-refractivity contribution in [2.24, 2.45) is 11.8 Å². The van der Waals surface area contributed by atoms with E-state index < -0.39 is 6.10 Å². The zero-order valence-electron chi connectivity index (χ0n) is 9.37. The lowest BCUT2D eigenvalue weighted by molar-refractivity contribution is 0.153. The summed E-state index contributed by atoms with van der Waals surface area (Å²) in [5.41, 5.74) is 0.892. The summed E-state index contributed by atoms with van der Waals surface area (Å²) in [6.45, 7) is 2.03. The number of hydrogen-bond donors (Lipinski definition) is 2.